The van der Waals surface area contributed by atoms with Crippen molar-refractivity contribution in [2.45, 2.75) is 0 Å². The lowest BCUT2D eigenvalue weighted by Gasteiger charge is -1.99. The lowest BCUT2D eigenvalue weighted by Crippen LogP contribution is -1.94. The Hall–Kier alpha value is -1.84. The van der Waals surface area contributed by atoms with Crippen molar-refractivity contribution in [3.05, 3.63) is 36.7 Å². The molecule has 0 aliphatic carbocycles. The van der Waals surface area contributed by atoms with Crippen LogP contribution in [0, 0.1) is 0 Å². The van der Waals surface area contributed by atoms with Gasteiger partial charge in [-0.25, -0.2) is 4.98 Å². The number of aryl methyl sites for hydroxylation is 1. The average Bonchev–Trinajstić information content (AvgIpc) is 2.53. The number of hydrogen-bond acceptors (Lipinski definition) is 3. The molecule has 0 aromatic carbocycles. The maximum absolute atomic E-state index is 4.17. The van der Waals surface area contributed by atoms with Crippen LogP contribution in [0.2, 0.25) is 0 Å². The normalized spacial score (nSPS) is 9.92. The van der Waals surface area contributed by atoms with Crippen molar-refractivity contribution in [1.29, 1.82) is 0 Å². The molecule has 0 aliphatic rings. The second-order valence-electron chi connectivity index (χ2n) is 2.71. The van der Waals surface area contributed by atoms with E-state index >= 15 is 0 Å². The van der Waals surface area contributed by atoms with Gasteiger partial charge in [-0.15, -0.1) is 0 Å². The molecule has 2 rings (SSSR count). The molecule has 4 heteroatoms. The second-order valence-corrected chi connectivity index (χ2v) is 2.71. The Morgan fingerprint density at radius 2 is 2.15 bits per heavy atom. The lowest BCUT2D eigenvalue weighted by molar-refractivity contribution is 0.771. The minimum absolute atomic E-state index is 0.807. The van der Waals surface area contributed by atoms with E-state index < -0.39 is 0 Å². The Bertz CT molecular complexity index is 380. The van der Waals surface area contributed by atoms with Gasteiger partial charge in [0.1, 0.15) is 5.82 Å². The summed E-state index contributed by atoms with van der Waals surface area (Å²) >= 11 is 0. The van der Waals surface area contributed by atoms with Crippen LogP contribution >= 0.6 is 0 Å². The van der Waals surface area contributed by atoms with Crippen LogP contribution in [0.1, 0.15) is 0 Å². The van der Waals surface area contributed by atoms with Gasteiger partial charge in [0.2, 0.25) is 0 Å². The second kappa shape index (κ2) is 3.26. The minimum atomic E-state index is 0.807. The Balaban J connectivity index is 2.15. The van der Waals surface area contributed by atoms with Gasteiger partial charge in [0.25, 0.3) is 0 Å². The number of hydrogen-bond donors (Lipinski definition) is 1. The molecule has 1 N–H and O–H groups in total. The quantitative estimate of drug-likeness (QED) is 0.751. The minimum Gasteiger partial charge on any atom is -0.323 e. The number of aromatic nitrogens is 3. The van der Waals surface area contributed by atoms with Crippen LogP contribution in [0.25, 0.3) is 0 Å². The van der Waals surface area contributed by atoms with E-state index in [1.165, 1.54) is 0 Å². The Kier molecular flexibility index (Phi) is 1.96. The summed E-state index contributed by atoms with van der Waals surface area (Å²) in [7, 11) is 1.88. The van der Waals surface area contributed by atoms with E-state index in [1.54, 1.807) is 10.9 Å². The highest BCUT2D eigenvalue weighted by atomic mass is 15.3. The Morgan fingerprint density at radius 1 is 1.23 bits per heavy atom. The summed E-state index contributed by atoms with van der Waals surface area (Å²) in [5.41, 5.74) is 0. The summed E-state index contributed by atoms with van der Waals surface area (Å²) in [4.78, 5) is 4.12. The number of pyridine rings is 1. The van der Waals surface area contributed by atoms with Gasteiger partial charge in [-0.05, 0) is 12.1 Å². The highest BCUT2D eigenvalue weighted by Gasteiger charge is 1.96. The molecule has 4 nitrogen and oxygen atoms in total. The first-order chi connectivity index (χ1) is 6.34. The highest BCUT2D eigenvalue weighted by molar-refractivity contribution is 5.50. The van der Waals surface area contributed by atoms with Gasteiger partial charge in [-0.2, -0.15) is 5.10 Å². The Labute approximate surface area is 76.2 Å². The number of rotatable bonds is 2. The first kappa shape index (κ1) is 7.79. The number of nitrogens with zero attached hydrogens (tertiary/aromatic N) is 3. The third-order valence-corrected chi connectivity index (χ3v) is 1.63. The van der Waals surface area contributed by atoms with Gasteiger partial charge < -0.3 is 5.32 Å². The SMILES string of the molecule is Cn1ccc(Nc2ccccn2)n1. The van der Waals surface area contributed by atoms with Crippen molar-refractivity contribution in [2.24, 2.45) is 7.05 Å². The van der Waals surface area contributed by atoms with Crippen LogP contribution in [0.15, 0.2) is 36.7 Å². The van der Waals surface area contributed by atoms with Crippen molar-refractivity contribution < 1.29 is 0 Å². The maximum Gasteiger partial charge on any atom is 0.153 e. The third kappa shape index (κ3) is 1.84. The molecule has 0 saturated carbocycles. The third-order valence-electron chi connectivity index (χ3n) is 1.63. The van der Waals surface area contributed by atoms with E-state index in [-0.39, 0.29) is 0 Å². The first-order valence-electron chi connectivity index (χ1n) is 4.02. The average molecular weight is 174 g/mol. The van der Waals surface area contributed by atoms with E-state index in [0.717, 1.165) is 11.6 Å². The molecule has 0 fully saturated rings. The van der Waals surface area contributed by atoms with Gasteiger partial charge in [0, 0.05) is 25.5 Å². The summed E-state index contributed by atoms with van der Waals surface area (Å²) in [5.74, 6) is 1.61. The van der Waals surface area contributed by atoms with Crippen molar-refractivity contribution in [1.82, 2.24) is 14.8 Å². The summed E-state index contributed by atoms with van der Waals surface area (Å²) < 4.78 is 1.74. The molecule has 13 heavy (non-hydrogen) atoms. The van der Waals surface area contributed by atoms with Crippen molar-refractivity contribution in [3.8, 4) is 0 Å². The van der Waals surface area contributed by atoms with Gasteiger partial charge >= 0.3 is 0 Å². The van der Waals surface area contributed by atoms with Crippen LogP contribution in [0.3, 0.4) is 0 Å². The van der Waals surface area contributed by atoms with E-state index in [4.69, 9.17) is 0 Å². The first-order valence-corrected chi connectivity index (χ1v) is 4.02. The molecule has 0 bridgehead atoms. The predicted molar refractivity (Wildman–Crippen MR) is 50.7 cm³/mol. The molecule has 0 amide bonds. The lowest BCUT2D eigenvalue weighted by atomic mass is 10.4. The highest BCUT2D eigenvalue weighted by Crippen LogP contribution is 2.09. The molecule has 0 aliphatic heterocycles. The summed E-state index contributed by atoms with van der Waals surface area (Å²) in [6.07, 6.45) is 3.62. The monoisotopic (exact) mass is 174 g/mol. The van der Waals surface area contributed by atoms with Gasteiger partial charge in [-0.1, -0.05) is 6.07 Å². The summed E-state index contributed by atoms with van der Waals surface area (Å²) in [6.45, 7) is 0. The van der Waals surface area contributed by atoms with Crippen LogP contribution in [0.5, 0.6) is 0 Å². The zero-order valence-corrected chi connectivity index (χ0v) is 7.31. The van der Waals surface area contributed by atoms with Crippen molar-refractivity contribution in [3.63, 3.8) is 0 Å². The van der Waals surface area contributed by atoms with Gasteiger partial charge in [0.15, 0.2) is 5.82 Å². The topological polar surface area (TPSA) is 42.7 Å². The molecule has 0 atom stereocenters. The van der Waals surface area contributed by atoms with E-state index in [9.17, 15) is 0 Å². The fraction of sp³-hybridized carbons (Fsp3) is 0.111. The van der Waals surface area contributed by atoms with Crippen LogP contribution in [0.4, 0.5) is 11.6 Å². The van der Waals surface area contributed by atoms with Crippen LogP contribution in [-0.2, 0) is 7.05 Å². The molecule has 0 unspecified atom stereocenters. The maximum atomic E-state index is 4.17. The standard InChI is InChI=1S/C9H10N4/c1-13-7-5-9(12-13)11-8-4-2-3-6-10-8/h2-7H,1H3,(H,10,11,12). The molecular formula is C9H10N4. The molecule has 2 heterocycles. The zero-order valence-electron chi connectivity index (χ0n) is 7.31. The molecule has 2 aromatic rings. The smallest absolute Gasteiger partial charge is 0.153 e. The van der Waals surface area contributed by atoms with E-state index in [1.807, 2.05) is 37.5 Å². The van der Waals surface area contributed by atoms with E-state index in [2.05, 4.69) is 15.4 Å². The number of anilines is 2. The fourth-order valence-electron chi connectivity index (χ4n) is 1.05. The molecule has 2 aromatic heterocycles. The van der Waals surface area contributed by atoms with Crippen LogP contribution < -0.4 is 5.32 Å². The predicted octanol–water partition coefficient (Wildman–Crippen LogP) is 1.56. The fourth-order valence-corrected chi connectivity index (χ4v) is 1.05. The largest absolute Gasteiger partial charge is 0.323 e. The molecule has 0 spiro atoms. The van der Waals surface area contributed by atoms with E-state index in [0.29, 0.717) is 0 Å². The summed E-state index contributed by atoms with van der Waals surface area (Å²) in [5, 5.41) is 7.25. The van der Waals surface area contributed by atoms with Gasteiger partial charge in [-0.3, -0.25) is 4.68 Å². The van der Waals surface area contributed by atoms with Gasteiger partial charge in [0.05, 0.1) is 0 Å². The van der Waals surface area contributed by atoms with Crippen molar-refractivity contribution in [2.75, 3.05) is 5.32 Å². The summed E-state index contributed by atoms with van der Waals surface area (Å²) in [6, 6.07) is 7.60. The molecular weight excluding hydrogens is 164 g/mol. The van der Waals surface area contributed by atoms with Crippen LogP contribution in [-0.4, -0.2) is 14.8 Å². The molecule has 0 saturated heterocycles. The molecule has 66 valence electrons. The number of nitrogens with one attached hydrogen (secondary N) is 1. The Morgan fingerprint density at radius 3 is 2.77 bits per heavy atom. The zero-order chi connectivity index (χ0) is 9.10. The van der Waals surface area contributed by atoms with Crippen molar-refractivity contribution >= 4 is 11.6 Å². The molecule has 0 radical (unpaired) electrons.